The molecule has 3 rings (SSSR count). The Morgan fingerprint density at radius 2 is 1.84 bits per heavy atom. The normalized spacial score (nSPS) is 22.2. The van der Waals surface area contributed by atoms with Crippen LogP contribution in [0, 0.1) is 5.82 Å². The maximum Gasteiger partial charge on any atom is 0.123 e. The molecule has 0 atom stereocenters. The summed E-state index contributed by atoms with van der Waals surface area (Å²) in [5, 5.41) is 9.50. The Labute approximate surface area is 112 Å². The third-order valence-electron chi connectivity index (χ3n) is 4.38. The van der Waals surface area contributed by atoms with Crippen LogP contribution in [0.25, 0.3) is 5.57 Å². The molecule has 0 aromatic heterocycles. The van der Waals surface area contributed by atoms with E-state index in [-0.39, 0.29) is 18.0 Å². The zero-order chi connectivity index (χ0) is 13.3. The number of aliphatic hydroxyl groups excluding tert-OH is 1. The average molecular weight is 262 g/mol. The van der Waals surface area contributed by atoms with Crippen molar-refractivity contribution < 1.29 is 14.2 Å². The van der Waals surface area contributed by atoms with Crippen molar-refractivity contribution in [2.45, 2.75) is 37.7 Å². The molecule has 1 aromatic rings. The Bertz CT molecular complexity index is 484. The minimum absolute atomic E-state index is 0.0167. The van der Waals surface area contributed by atoms with Gasteiger partial charge in [0.2, 0.25) is 0 Å². The van der Waals surface area contributed by atoms with Gasteiger partial charge in [0.05, 0.1) is 18.8 Å². The van der Waals surface area contributed by atoms with E-state index in [1.807, 2.05) is 0 Å². The molecule has 1 fully saturated rings. The Morgan fingerprint density at radius 1 is 1.16 bits per heavy atom. The van der Waals surface area contributed by atoms with E-state index in [0.717, 1.165) is 36.0 Å². The molecular formula is C16H19FO2. The molecule has 1 heterocycles. The second kappa shape index (κ2) is 5.06. The van der Waals surface area contributed by atoms with Crippen LogP contribution in [0.15, 0.2) is 29.8 Å². The van der Waals surface area contributed by atoms with Crippen molar-refractivity contribution in [2.75, 3.05) is 13.2 Å². The van der Waals surface area contributed by atoms with Crippen molar-refractivity contribution in [3.05, 3.63) is 41.2 Å². The number of hydrogen-bond acceptors (Lipinski definition) is 2. The quantitative estimate of drug-likeness (QED) is 0.886. The van der Waals surface area contributed by atoms with E-state index in [2.05, 4.69) is 0 Å². The first-order valence-electron chi connectivity index (χ1n) is 6.94. The molecule has 0 unspecified atom stereocenters. The number of hydrogen-bond donors (Lipinski definition) is 1. The Balaban J connectivity index is 1.94. The van der Waals surface area contributed by atoms with Crippen LogP contribution >= 0.6 is 0 Å². The van der Waals surface area contributed by atoms with Crippen LogP contribution in [0.5, 0.6) is 0 Å². The predicted molar refractivity (Wildman–Crippen MR) is 72.2 cm³/mol. The lowest BCUT2D eigenvalue weighted by molar-refractivity contribution is -0.0347. The zero-order valence-electron chi connectivity index (χ0n) is 11.0. The fourth-order valence-electron chi connectivity index (χ4n) is 3.26. The van der Waals surface area contributed by atoms with Gasteiger partial charge in [0, 0.05) is 6.42 Å². The van der Waals surface area contributed by atoms with Crippen LogP contribution in [0.4, 0.5) is 4.39 Å². The van der Waals surface area contributed by atoms with Crippen molar-refractivity contribution >= 4 is 5.57 Å². The molecule has 2 nitrogen and oxygen atoms in total. The molecule has 1 saturated carbocycles. The van der Waals surface area contributed by atoms with Gasteiger partial charge in [-0.05, 0) is 41.7 Å². The molecule has 1 aliphatic heterocycles. The molecule has 102 valence electrons. The first-order valence-corrected chi connectivity index (χ1v) is 6.94. The summed E-state index contributed by atoms with van der Waals surface area (Å²) in [4.78, 5) is 0. The van der Waals surface area contributed by atoms with Gasteiger partial charge >= 0.3 is 0 Å². The SMILES string of the molecule is OCC1=C(c2ccc(F)cc2)CC2(CCCC2)OC1. The molecule has 0 bridgehead atoms. The van der Waals surface area contributed by atoms with E-state index < -0.39 is 0 Å². The van der Waals surface area contributed by atoms with Crippen LogP contribution in [0.1, 0.15) is 37.7 Å². The van der Waals surface area contributed by atoms with Crippen LogP contribution in [-0.2, 0) is 4.74 Å². The second-order valence-electron chi connectivity index (χ2n) is 5.60. The predicted octanol–water partition coefficient (Wildman–Crippen LogP) is 3.30. The fourth-order valence-corrected chi connectivity index (χ4v) is 3.26. The van der Waals surface area contributed by atoms with E-state index in [1.165, 1.54) is 25.0 Å². The molecular weight excluding hydrogens is 243 g/mol. The average Bonchev–Trinajstić information content (AvgIpc) is 2.88. The first kappa shape index (κ1) is 12.8. The summed E-state index contributed by atoms with van der Waals surface area (Å²) in [6.07, 6.45) is 5.46. The largest absolute Gasteiger partial charge is 0.392 e. The highest BCUT2D eigenvalue weighted by atomic mass is 19.1. The van der Waals surface area contributed by atoms with Gasteiger partial charge < -0.3 is 9.84 Å². The van der Waals surface area contributed by atoms with Crippen molar-refractivity contribution in [2.24, 2.45) is 0 Å². The minimum atomic E-state index is -0.225. The highest BCUT2D eigenvalue weighted by molar-refractivity contribution is 5.70. The van der Waals surface area contributed by atoms with Crippen molar-refractivity contribution in [1.82, 2.24) is 0 Å². The number of aliphatic hydroxyl groups is 1. The van der Waals surface area contributed by atoms with Gasteiger partial charge in [-0.3, -0.25) is 0 Å². The number of rotatable bonds is 2. The minimum Gasteiger partial charge on any atom is -0.392 e. The van der Waals surface area contributed by atoms with E-state index in [9.17, 15) is 9.50 Å². The lowest BCUT2D eigenvalue weighted by Crippen LogP contribution is -2.34. The van der Waals surface area contributed by atoms with Gasteiger partial charge in [-0.2, -0.15) is 0 Å². The Hall–Kier alpha value is -1.19. The molecule has 1 N–H and O–H groups in total. The molecule has 2 aliphatic rings. The number of halogens is 1. The second-order valence-corrected chi connectivity index (χ2v) is 5.60. The smallest absolute Gasteiger partial charge is 0.123 e. The fraction of sp³-hybridized carbons (Fsp3) is 0.500. The van der Waals surface area contributed by atoms with Gasteiger partial charge in [0.25, 0.3) is 0 Å². The summed E-state index contributed by atoms with van der Waals surface area (Å²) in [6, 6.07) is 6.56. The molecule has 0 saturated heterocycles. The van der Waals surface area contributed by atoms with E-state index in [4.69, 9.17) is 4.74 Å². The van der Waals surface area contributed by atoms with Gasteiger partial charge in [-0.15, -0.1) is 0 Å². The summed E-state index contributed by atoms with van der Waals surface area (Å²) in [6.45, 7) is 0.520. The summed E-state index contributed by atoms with van der Waals surface area (Å²) in [5.74, 6) is -0.225. The summed E-state index contributed by atoms with van der Waals surface area (Å²) < 4.78 is 19.1. The maximum atomic E-state index is 13.0. The van der Waals surface area contributed by atoms with Crippen molar-refractivity contribution in [3.8, 4) is 0 Å². The third-order valence-corrected chi connectivity index (χ3v) is 4.38. The summed E-state index contributed by atoms with van der Waals surface area (Å²) in [5.41, 5.74) is 3.06. The van der Waals surface area contributed by atoms with Gasteiger partial charge in [-0.1, -0.05) is 25.0 Å². The Kier molecular flexibility index (Phi) is 3.42. The van der Waals surface area contributed by atoms with E-state index >= 15 is 0 Å². The summed E-state index contributed by atoms with van der Waals surface area (Å²) in [7, 11) is 0. The molecule has 3 heteroatoms. The topological polar surface area (TPSA) is 29.5 Å². The molecule has 1 aromatic carbocycles. The van der Waals surface area contributed by atoms with Crippen LogP contribution < -0.4 is 0 Å². The molecule has 1 aliphatic carbocycles. The molecule has 0 radical (unpaired) electrons. The molecule has 19 heavy (non-hydrogen) atoms. The lowest BCUT2D eigenvalue weighted by Gasteiger charge is -2.36. The van der Waals surface area contributed by atoms with Gasteiger partial charge in [-0.25, -0.2) is 4.39 Å². The monoisotopic (exact) mass is 262 g/mol. The lowest BCUT2D eigenvalue weighted by atomic mass is 9.84. The molecule has 1 spiro atoms. The molecule has 0 amide bonds. The van der Waals surface area contributed by atoms with Crippen LogP contribution in [-0.4, -0.2) is 23.9 Å². The van der Waals surface area contributed by atoms with Crippen LogP contribution in [0.3, 0.4) is 0 Å². The van der Waals surface area contributed by atoms with E-state index in [1.54, 1.807) is 12.1 Å². The van der Waals surface area contributed by atoms with Crippen LogP contribution in [0.2, 0.25) is 0 Å². The highest BCUT2D eigenvalue weighted by Gasteiger charge is 2.39. The standard InChI is InChI=1S/C16H19FO2/c17-14-5-3-12(4-6-14)15-9-16(7-1-2-8-16)19-11-13(15)10-18/h3-6,18H,1-2,7-11H2. The maximum absolute atomic E-state index is 13.0. The Morgan fingerprint density at radius 3 is 2.47 bits per heavy atom. The van der Waals surface area contributed by atoms with Crippen molar-refractivity contribution in [3.63, 3.8) is 0 Å². The van der Waals surface area contributed by atoms with Gasteiger partial charge in [0.1, 0.15) is 5.82 Å². The third kappa shape index (κ3) is 2.45. The van der Waals surface area contributed by atoms with E-state index in [0.29, 0.717) is 6.61 Å². The van der Waals surface area contributed by atoms with Crippen molar-refractivity contribution in [1.29, 1.82) is 0 Å². The summed E-state index contributed by atoms with van der Waals surface area (Å²) >= 11 is 0. The number of ether oxygens (including phenoxy) is 1. The number of benzene rings is 1. The zero-order valence-corrected chi connectivity index (χ0v) is 11.0. The highest BCUT2D eigenvalue weighted by Crippen LogP contribution is 2.44. The van der Waals surface area contributed by atoms with Gasteiger partial charge in [0.15, 0.2) is 0 Å². The first-order chi connectivity index (χ1) is 9.22.